The van der Waals surface area contributed by atoms with Crippen LogP contribution in [-0.4, -0.2) is 8.42 Å². The molecule has 0 saturated carbocycles. The van der Waals surface area contributed by atoms with Crippen molar-refractivity contribution in [2.24, 2.45) is 0 Å². The van der Waals surface area contributed by atoms with Crippen LogP contribution in [0.2, 0.25) is 5.02 Å². The van der Waals surface area contributed by atoms with Crippen molar-refractivity contribution in [2.75, 3.05) is 10.5 Å². The van der Waals surface area contributed by atoms with E-state index in [0.29, 0.717) is 0 Å². The van der Waals surface area contributed by atoms with E-state index in [-0.39, 0.29) is 20.1 Å². The van der Waals surface area contributed by atoms with Crippen molar-refractivity contribution in [3.8, 4) is 0 Å². The lowest BCUT2D eigenvalue weighted by Crippen LogP contribution is -2.15. The van der Waals surface area contributed by atoms with Gasteiger partial charge in [0.2, 0.25) is 0 Å². The number of benzene rings is 2. The van der Waals surface area contributed by atoms with Crippen LogP contribution in [0.1, 0.15) is 0 Å². The third kappa shape index (κ3) is 3.45. The molecular formula is C12H8BrClF2N2O2S. The summed E-state index contributed by atoms with van der Waals surface area (Å²) in [5.41, 5.74) is 5.19. The summed E-state index contributed by atoms with van der Waals surface area (Å²) in [5, 5.41) is 0.0933. The highest BCUT2D eigenvalue weighted by Crippen LogP contribution is 2.32. The Morgan fingerprint density at radius 3 is 2.52 bits per heavy atom. The highest BCUT2D eigenvalue weighted by molar-refractivity contribution is 9.10. The Hall–Kier alpha value is -1.38. The second-order valence-electron chi connectivity index (χ2n) is 4.04. The molecule has 0 saturated heterocycles. The van der Waals surface area contributed by atoms with E-state index < -0.39 is 27.3 Å². The largest absolute Gasteiger partial charge is 0.398 e. The van der Waals surface area contributed by atoms with Crippen LogP contribution in [0.4, 0.5) is 20.2 Å². The highest BCUT2D eigenvalue weighted by Gasteiger charge is 2.22. The average molecular weight is 398 g/mol. The molecule has 0 spiro atoms. The molecule has 0 radical (unpaired) electrons. The van der Waals surface area contributed by atoms with Gasteiger partial charge in [0.25, 0.3) is 10.0 Å². The molecule has 112 valence electrons. The summed E-state index contributed by atoms with van der Waals surface area (Å²) in [6.45, 7) is 0. The second kappa shape index (κ2) is 5.78. The minimum Gasteiger partial charge on any atom is -0.398 e. The number of anilines is 2. The molecule has 0 atom stereocenters. The number of sulfonamides is 1. The summed E-state index contributed by atoms with van der Waals surface area (Å²) >= 11 is 8.79. The predicted octanol–water partition coefficient (Wildman–Crippen LogP) is 3.76. The fraction of sp³-hybridized carbons (Fsp3) is 0. The van der Waals surface area contributed by atoms with Crippen LogP contribution in [0.3, 0.4) is 0 Å². The van der Waals surface area contributed by atoms with Crippen molar-refractivity contribution in [2.45, 2.75) is 4.90 Å². The van der Waals surface area contributed by atoms with E-state index in [0.717, 1.165) is 24.3 Å². The second-order valence-corrected chi connectivity index (χ2v) is 6.92. The zero-order valence-corrected chi connectivity index (χ0v) is 13.4. The minimum atomic E-state index is -4.20. The normalized spacial score (nSPS) is 11.4. The number of halogens is 4. The molecule has 0 unspecified atom stereocenters. The summed E-state index contributed by atoms with van der Waals surface area (Å²) < 4.78 is 53.1. The van der Waals surface area contributed by atoms with Gasteiger partial charge in [0, 0.05) is 16.8 Å². The summed E-state index contributed by atoms with van der Waals surface area (Å²) in [6, 6.07) is 4.92. The first-order valence-electron chi connectivity index (χ1n) is 5.43. The molecular weight excluding hydrogens is 390 g/mol. The molecule has 0 aliphatic heterocycles. The van der Waals surface area contributed by atoms with Crippen LogP contribution in [0.15, 0.2) is 39.7 Å². The quantitative estimate of drug-likeness (QED) is 0.775. The van der Waals surface area contributed by atoms with E-state index in [1.54, 1.807) is 0 Å². The van der Waals surface area contributed by atoms with Gasteiger partial charge in [-0.1, -0.05) is 11.6 Å². The van der Waals surface area contributed by atoms with Crippen molar-refractivity contribution < 1.29 is 17.2 Å². The monoisotopic (exact) mass is 396 g/mol. The van der Waals surface area contributed by atoms with E-state index in [1.807, 2.05) is 4.72 Å². The van der Waals surface area contributed by atoms with Crippen molar-refractivity contribution >= 4 is 48.9 Å². The topological polar surface area (TPSA) is 72.2 Å². The molecule has 0 heterocycles. The summed E-state index contributed by atoms with van der Waals surface area (Å²) in [6.07, 6.45) is 0. The zero-order valence-electron chi connectivity index (χ0n) is 10.2. The molecule has 0 aliphatic carbocycles. The number of nitrogen functional groups attached to an aromatic ring is 1. The molecule has 4 nitrogen and oxygen atoms in total. The lowest BCUT2D eigenvalue weighted by atomic mass is 10.3. The first-order chi connectivity index (χ1) is 9.70. The number of hydrogen-bond donors (Lipinski definition) is 2. The van der Waals surface area contributed by atoms with Gasteiger partial charge < -0.3 is 5.73 Å². The van der Waals surface area contributed by atoms with E-state index in [2.05, 4.69) is 15.9 Å². The maximum Gasteiger partial charge on any atom is 0.263 e. The van der Waals surface area contributed by atoms with Gasteiger partial charge in [0.1, 0.15) is 16.5 Å². The zero-order chi connectivity index (χ0) is 15.8. The molecule has 2 aromatic rings. The number of nitrogens with one attached hydrogen (secondary N) is 1. The minimum absolute atomic E-state index is 0.0798. The van der Waals surface area contributed by atoms with E-state index in [9.17, 15) is 17.2 Å². The van der Waals surface area contributed by atoms with E-state index in [4.69, 9.17) is 17.3 Å². The molecule has 2 rings (SSSR count). The van der Waals surface area contributed by atoms with Gasteiger partial charge in [-0.15, -0.1) is 0 Å². The van der Waals surface area contributed by atoms with Gasteiger partial charge in [-0.05, 0) is 40.2 Å². The molecule has 0 aliphatic rings. The smallest absolute Gasteiger partial charge is 0.263 e. The Labute approximate surface area is 133 Å². The third-order valence-corrected chi connectivity index (χ3v) is 5.25. The Kier molecular flexibility index (Phi) is 4.40. The van der Waals surface area contributed by atoms with Gasteiger partial charge in [0.15, 0.2) is 0 Å². The fourth-order valence-electron chi connectivity index (χ4n) is 1.56. The summed E-state index contributed by atoms with van der Waals surface area (Å²) in [7, 11) is -4.20. The van der Waals surface area contributed by atoms with Gasteiger partial charge >= 0.3 is 0 Å². The van der Waals surface area contributed by atoms with Crippen molar-refractivity contribution in [3.05, 3.63) is 51.5 Å². The average Bonchev–Trinajstić information content (AvgIpc) is 2.37. The highest BCUT2D eigenvalue weighted by atomic mass is 79.9. The SMILES string of the molecule is Nc1cc(Cl)cc(S(=O)(=O)Nc2cc(F)ccc2F)c1Br. The van der Waals surface area contributed by atoms with Crippen molar-refractivity contribution in [1.29, 1.82) is 0 Å². The molecule has 2 aromatic carbocycles. The standard InChI is InChI=1S/C12H8BrClF2N2O2S/c13-12-9(17)3-6(14)4-11(12)21(19,20)18-10-5-7(15)1-2-8(10)16/h1-5,18H,17H2. The number of hydrogen-bond acceptors (Lipinski definition) is 3. The first-order valence-corrected chi connectivity index (χ1v) is 8.08. The van der Waals surface area contributed by atoms with Crippen LogP contribution in [0.5, 0.6) is 0 Å². The van der Waals surface area contributed by atoms with Crippen LogP contribution in [-0.2, 0) is 10.0 Å². The van der Waals surface area contributed by atoms with Crippen molar-refractivity contribution in [3.63, 3.8) is 0 Å². The molecule has 0 amide bonds. The molecule has 0 aromatic heterocycles. The van der Waals surface area contributed by atoms with Crippen LogP contribution >= 0.6 is 27.5 Å². The molecule has 9 heteroatoms. The van der Waals surface area contributed by atoms with Gasteiger partial charge in [-0.2, -0.15) is 0 Å². The van der Waals surface area contributed by atoms with E-state index in [1.165, 1.54) is 6.07 Å². The maximum absolute atomic E-state index is 13.5. The third-order valence-electron chi connectivity index (χ3n) is 2.49. The van der Waals surface area contributed by atoms with Gasteiger partial charge in [-0.25, -0.2) is 17.2 Å². The van der Waals surface area contributed by atoms with Gasteiger partial charge in [-0.3, -0.25) is 4.72 Å². The fourth-order valence-corrected chi connectivity index (χ4v) is 3.91. The number of nitrogens with two attached hydrogens (primary N) is 1. The van der Waals surface area contributed by atoms with E-state index >= 15 is 0 Å². The van der Waals surface area contributed by atoms with Crippen molar-refractivity contribution in [1.82, 2.24) is 0 Å². The molecule has 0 fully saturated rings. The van der Waals surface area contributed by atoms with Crippen LogP contribution < -0.4 is 10.5 Å². The predicted molar refractivity (Wildman–Crippen MR) is 80.7 cm³/mol. The Bertz CT molecular complexity index is 815. The number of rotatable bonds is 3. The lowest BCUT2D eigenvalue weighted by molar-refractivity contribution is 0.594. The van der Waals surface area contributed by atoms with Crippen LogP contribution in [0, 0.1) is 11.6 Å². The first kappa shape index (κ1) is 16.0. The van der Waals surface area contributed by atoms with Crippen LogP contribution in [0.25, 0.3) is 0 Å². The van der Waals surface area contributed by atoms with Gasteiger partial charge in [0.05, 0.1) is 10.2 Å². The Morgan fingerprint density at radius 1 is 1.19 bits per heavy atom. The molecule has 21 heavy (non-hydrogen) atoms. The Morgan fingerprint density at radius 2 is 1.86 bits per heavy atom. The maximum atomic E-state index is 13.5. The summed E-state index contributed by atoms with van der Waals surface area (Å²) in [4.78, 5) is -0.281. The molecule has 0 bridgehead atoms. The Balaban J connectivity index is 2.51. The summed E-state index contributed by atoms with van der Waals surface area (Å²) in [5.74, 6) is -1.69. The lowest BCUT2D eigenvalue weighted by Gasteiger charge is -2.12. The molecule has 3 N–H and O–H groups in total.